The van der Waals surface area contributed by atoms with Crippen molar-refractivity contribution in [2.24, 2.45) is 0 Å². The van der Waals surface area contributed by atoms with Gasteiger partial charge in [0, 0.05) is 22.1 Å². The molecule has 5 rings (SSSR count). The molecule has 0 aliphatic carbocycles. The minimum Gasteiger partial charge on any atom is -0.478 e. The zero-order valence-electron chi connectivity index (χ0n) is 16.1. The molecule has 2 aromatic heterocycles. The first kappa shape index (κ1) is 18.9. The van der Waals surface area contributed by atoms with E-state index in [-0.39, 0.29) is 11.5 Å². The van der Waals surface area contributed by atoms with Crippen LogP contribution in [0.1, 0.15) is 10.4 Å². The fraction of sp³-hybridized carbons (Fsp3) is 0. The quantitative estimate of drug-likeness (QED) is 0.377. The Kier molecular flexibility index (Phi) is 4.86. The first-order valence-electron chi connectivity index (χ1n) is 9.47. The number of aromatic carboxylic acids is 1. The second-order valence-corrected chi connectivity index (χ2v) is 7.61. The summed E-state index contributed by atoms with van der Waals surface area (Å²) in [6, 6.07) is 24.3. The highest BCUT2D eigenvalue weighted by atomic mass is 32.1. The summed E-state index contributed by atoms with van der Waals surface area (Å²) < 4.78 is 5.33. The van der Waals surface area contributed by atoms with E-state index in [1.54, 1.807) is 29.5 Å². The van der Waals surface area contributed by atoms with Gasteiger partial charge < -0.3 is 9.63 Å². The van der Waals surface area contributed by atoms with Crippen LogP contribution in [0, 0.1) is 0 Å². The van der Waals surface area contributed by atoms with Gasteiger partial charge in [-0.15, -0.1) is 11.3 Å². The first-order chi connectivity index (χ1) is 15.2. The number of thiazole rings is 1. The van der Waals surface area contributed by atoms with Gasteiger partial charge in [0.05, 0.1) is 16.8 Å². The fourth-order valence-corrected chi connectivity index (χ4v) is 4.05. The number of aromatic nitrogens is 3. The predicted octanol–water partition coefficient (Wildman–Crippen LogP) is 5.89. The summed E-state index contributed by atoms with van der Waals surface area (Å²) >= 11 is 1.60. The number of benzene rings is 3. The lowest BCUT2D eigenvalue weighted by molar-refractivity contribution is 0.0697. The highest BCUT2D eigenvalue weighted by Gasteiger charge is 2.17. The Morgan fingerprint density at radius 3 is 2.29 bits per heavy atom. The molecule has 0 aliphatic heterocycles. The van der Waals surface area contributed by atoms with Crippen molar-refractivity contribution < 1.29 is 14.4 Å². The Bertz CT molecular complexity index is 1360. The predicted molar refractivity (Wildman–Crippen MR) is 119 cm³/mol. The lowest BCUT2D eigenvalue weighted by Gasteiger charge is -2.00. The van der Waals surface area contributed by atoms with Gasteiger partial charge in [-0.1, -0.05) is 71.9 Å². The van der Waals surface area contributed by atoms with Gasteiger partial charge in [0.25, 0.3) is 5.89 Å². The first-order valence-corrected chi connectivity index (χ1v) is 10.4. The maximum Gasteiger partial charge on any atom is 0.336 e. The van der Waals surface area contributed by atoms with E-state index in [0.717, 1.165) is 27.4 Å². The van der Waals surface area contributed by atoms with Crippen molar-refractivity contribution in [1.82, 2.24) is 15.1 Å². The molecule has 6 nitrogen and oxygen atoms in total. The molecule has 2 heterocycles. The smallest absolute Gasteiger partial charge is 0.336 e. The molecule has 0 saturated carbocycles. The molecule has 0 fully saturated rings. The van der Waals surface area contributed by atoms with Crippen molar-refractivity contribution in [3.8, 4) is 44.7 Å². The van der Waals surface area contributed by atoms with Crippen molar-refractivity contribution in [3.05, 3.63) is 89.8 Å². The SMILES string of the molecule is O=C(O)c1ccccc1-c1nc(-c2ccc(-c3csc(-c4ccccc4)n3)cc2)no1. The summed E-state index contributed by atoms with van der Waals surface area (Å²) in [5.74, 6) is -0.480. The van der Waals surface area contributed by atoms with E-state index in [9.17, 15) is 9.90 Å². The Morgan fingerprint density at radius 2 is 1.52 bits per heavy atom. The van der Waals surface area contributed by atoms with Crippen LogP contribution in [0.3, 0.4) is 0 Å². The second-order valence-electron chi connectivity index (χ2n) is 6.76. The minimum atomic E-state index is -1.04. The second kappa shape index (κ2) is 7.97. The number of carbonyl (C=O) groups is 1. The zero-order chi connectivity index (χ0) is 21.2. The van der Waals surface area contributed by atoms with E-state index in [4.69, 9.17) is 9.51 Å². The van der Waals surface area contributed by atoms with Crippen molar-refractivity contribution in [2.45, 2.75) is 0 Å². The van der Waals surface area contributed by atoms with Crippen molar-refractivity contribution >= 4 is 17.3 Å². The third-order valence-corrected chi connectivity index (χ3v) is 5.67. The van der Waals surface area contributed by atoms with Crippen molar-refractivity contribution in [2.75, 3.05) is 0 Å². The van der Waals surface area contributed by atoms with Crippen LogP contribution in [0.25, 0.3) is 44.7 Å². The average molecular weight is 425 g/mol. The maximum atomic E-state index is 11.4. The van der Waals surface area contributed by atoms with Crippen LogP contribution in [0.15, 0.2) is 88.8 Å². The molecular weight excluding hydrogens is 410 g/mol. The van der Waals surface area contributed by atoms with E-state index >= 15 is 0 Å². The van der Waals surface area contributed by atoms with E-state index in [1.165, 1.54) is 6.07 Å². The van der Waals surface area contributed by atoms with Gasteiger partial charge in [-0.2, -0.15) is 4.98 Å². The van der Waals surface area contributed by atoms with Crippen LogP contribution >= 0.6 is 11.3 Å². The Hall–Kier alpha value is -4.10. The number of carboxylic acids is 1. The molecule has 0 unspecified atom stereocenters. The fourth-order valence-electron chi connectivity index (χ4n) is 3.22. The normalized spacial score (nSPS) is 10.8. The highest BCUT2D eigenvalue weighted by Crippen LogP contribution is 2.30. The van der Waals surface area contributed by atoms with Crippen molar-refractivity contribution in [3.63, 3.8) is 0 Å². The summed E-state index contributed by atoms with van der Waals surface area (Å²) in [5, 5.41) is 16.4. The molecule has 0 bridgehead atoms. The Balaban J connectivity index is 1.41. The van der Waals surface area contributed by atoms with Gasteiger partial charge in [-0.05, 0) is 12.1 Å². The number of hydrogen-bond donors (Lipinski definition) is 1. The van der Waals surface area contributed by atoms with Gasteiger partial charge in [0.1, 0.15) is 5.01 Å². The third-order valence-electron chi connectivity index (χ3n) is 4.78. The van der Waals surface area contributed by atoms with E-state index in [2.05, 4.69) is 10.1 Å². The number of carboxylic acid groups (broad SMARTS) is 1. The van der Waals surface area contributed by atoms with Gasteiger partial charge in [0.2, 0.25) is 5.82 Å². The van der Waals surface area contributed by atoms with Gasteiger partial charge in [-0.25, -0.2) is 9.78 Å². The van der Waals surface area contributed by atoms with Crippen LogP contribution in [0.2, 0.25) is 0 Å². The van der Waals surface area contributed by atoms with Crippen LogP contribution in [-0.2, 0) is 0 Å². The van der Waals surface area contributed by atoms with E-state index < -0.39 is 5.97 Å². The third kappa shape index (κ3) is 3.74. The van der Waals surface area contributed by atoms with Crippen LogP contribution in [0.5, 0.6) is 0 Å². The summed E-state index contributed by atoms with van der Waals surface area (Å²) in [6.07, 6.45) is 0. The summed E-state index contributed by atoms with van der Waals surface area (Å²) in [7, 11) is 0. The summed E-state index contributed by atoms with van der Waals surface area (Å²) in [6.45, 7) is 0. The Labute approximate surface area is 181 Å². The highest BCUT2D eigenvalue weighted by molar-refractivity contribution is 7.13. The molecule has 0 atom stereocenters. The summed E-state index contributed by atoms with van der Waals surface area (Å²) in [4.78, 5) is 20.6. The van der Waals surface area contributed by atoms with Gasteiger partial charge >= 0.3 is 5.97 Å². The molecule has 0 aliphatic rings. The zero-order valence-corrected chi connectivity index (χ0v) is 16.9. The number of nitrogens with zero attached hydrogens (tertiary/aromatic N) is 3. The van der Waals surface area contributed by atoms with E-state index in [1.807, 2.05) is 60.0 Å². The van der Waals surface area contributed by atoms with Crippen LogP contribution in [-0.4, -0.2) is 26.2 Å². The molecule has 0 spiro atoms. The number of hydrogen-bond acceptors (Lipinski definition) is 6. The lowest BCUT2D eigenvalue weighted by Crippen LogP contribution is -1.99. The summed E-state index contributed by atoms with van der Waals surface area (Å²) in [5.41, 5.74) is 4.26. The standard InChI is InChI=1S/C24H15N3O3S/c28-24(29)19-9-5-4-8-18(19)22-26-21(27-30-22)16-12-10-15(11-13-16)20-14-31-23(25-20)17-6-2-1-3-7-17/h1-14H,(H,28,29). The molecule has 0 radical (unpaired) electrons. The lowest BCUT2D eigenvalue weighted by atomic mass is 10.1. The molecular formula is C24H15N3O3S. The van der Waals surface area contributed by atoms with Crippen LogP contribution < -0.4 is 0 Å². The van der Waals surface area contributed by atoms with Gasteiger partial charge in [-0.3, -0.25) is 0 Å². The monoisotopic (exact) mass is 425 g/mol. The topological polar surface area (TPSA) is 89.1 Å². The minimum absolute atomic E-state index is 0.116. The molecule has 1 N–H and O–H groups in total. The largest absolute Gasteiger partial charge is 0.478 e. The Morgan fingerprint density at radius 1 is 0.806 bits per heavy atom. The molecule has 0 amide bonds. The average Bonchev–Trinajstić information content (AvgIpc) is 3.50. The van der Waals surface area contributed by atoms with Gasteiger partial charge in [0.15, 0.2) is 0 Å². The maximum absolute atomic E-state index is 11.4. The molecule has 31 heavy (non-hydrogen) atoms. The van der Waals surface area contributed by atoms with E-state index in [0.29, 0.717) is 11.4 Å². The molecule has 7 heteroatoms. The molecule has 0 saturated heterocycles. The van der Waals surface area contributed by atoms with Crippen molar-refractivity contribution in [1.29, 1.82) is 0 Å². The molecule has 3 aromatic carbocycles. The molecule has 5 aromatic rings. The molecule has 150 valence electrons. The van der Waals surface area contributed by atoms with Crippen LogP contribution in [0.4, 0.5) is 0 Å². The number of rotatable bonds is 5.